The molecule has 0 aliphatic carbocycles. The van der Waals surface area contributed by atoms with Gasteiger partial charge in [-0.05, 0) is 0 Å². The molecule has 23 heavy (non-hydrogen) atoms. The quantitative estimate of drug-likeness (QED) is 0.236. The van der Waals surface area contributed by atoms with Gasteiger partial charge in [-0.15, -0.1) is 0 Å². The first-order valence-corrected chi connectivity index (χ1v) is 7.12. The van der Waals surface area contributed by atoms with Gasteiger partial charge in [0.15, 0.2) is 0 Å². The molecular weight excluding hydrogens is 318 g/mol. The van der Waals surface area contributed by atoms with Gasteiger partial charge in [0.2, 0.25) is 5.79 Å². The summed E-state index contributed by atoms with van der Waals surface area (Å²) in [5.74, 6) is -2.60. The Balaban J connectivity index is 2.33. The van der Waals surface area contributed by atoms with Crippen molar-refractivity contribution in [2.24, 2.45) is 5.73 Å². The van der Waals surface area contributed by atoms with Crippen molar-refractivity contribution in [3.05, 3.63) is 0 Å². The van der Waals surface area contributed by atoms with E-state index in [-0.39, 0.29) is 0 Å². The van der Waals surface area contributed by atoms with Crippen LogP contribution in [0.5, 0.6) is 0 Å². The van der Waals surface area contributed by atoms with Gasteiger partial charge in [0.25, 0.3) is 0 Å². The molecule has 2 fully saturated rings. The van der Waals surface area contributed by atoms with Crippen LogP contribution in [-0.4, -0.2) is 115 Å². The van der Waals surface area contributed by atoms with Gasteiger partial charge in [-0.3, -0.25) is 0 Å². The highest BCUT2D eigenvalue weighted by molar-refractivity contribution is 5.07. The van der Waals surface area contributed by atoms with Crippen LogP contribution in [0.1, 0.15) is 0 Å². The minimum atomic E-state index is -2.60. The van der Waals surface area contributed by atoms with Crippen molar-refractivity contribution in [3.63, 3.8) is 0 Å². The van der Waals surface area contributed by atoms with E-state index >= 15 is 0 Å². The van der Waals surface area contributed by atoms with Crippen LogP contribution in [0, 0.1) is 0 Å². The highest BCUT2D eigenvalue weighted by Gasteiger charge is 2.61. The van der Waals surface area contributed by atoms with Gasteiger partial charge in [-0.1, -0.05) is 0 Å². The molecule has 10 atom stereocenters. The van der Waals surface area contributed by atoms with Crippen molar-refractivity contribution < 1.29 is 50.3 Å². The fourth-order valence-corrected chi connectivity index (χ4v) is 2.91. The zero-order valence-electron chi connectivity index (χ0n) is 12.1. The lowest BCUT2D eigenvalue weighted by Crippen LogP contribution is -2.77. The SMILES string of the molecule is N[C@@H]1[C@@H](O)[C@H](O)[C@@H](CO)OC1(O)C1O[C@H](CO)[C@H](O)[C@H](O)[C@H]1O. The predicted octanol–water partition coefficient (Wildman–Crippen LogP) is -6.04. The molecule has 136 valence electrons. The molecule has 2 heterocycles. The van der Waals surface area contributed by atoms with Gasteiger partial charge in [0.1, 0.15) is 48.8 Å². The van der Waals surface area contributed by atoms with Crippen LogP contribution in [0.2, 0.25) is 0 Å². The van der Waals surface area contributed by atoms with Crippen LogP contribution >= 0.6 is 0 Å². The predicted molar refractivity (Wildman–Crippen MR) is 70.7 cm³/mol. The zero-order chi connectivity index (χ0) is 17.5. The first-order chi connectivity index (χ1) is 10.7. The third-order valence-electron chi connectivity index (χ3n) is 4.40. The second-order valence-electron chi connectivity index (χ2n) is 5.85. The maximum absolute atomic E-state index is 10.7. The van der Waals surface area contributed by atoms with Crippen LogP contribution in [0.15, 0.2) is 0 Å². The standard InChI is InChI=1S/C12H23NO10/c13-10-8(19)6(17)4(2-15)23-12(10,21)11-9(20)7(18)5(16)3(1-14)22-11/h3-11,14-21H,1-2,13H2/t3-,4-,5+,6-,7+,8+,9-,10-,11?,12?/m1/s1. The van der Waals surface area contributed by atoms with Gasteiger partial charge < -0.3 is 56.1 Å². The van der Waals surface area contributed by atoms with E-state index in [2.05, 4.69) is 0 Å². The summed E-state index contributed by atoms with van der Waals surface area (Å²) < 4.78 is 10.3. The average molecular weight is 341 g/mol. The lowest BCUT2D eigenvalue weighted by atomic mass is 9.82. The topological polar surface area (TPSA) is 206 Å². The summed E-state index contributed by atoms with van der Waals surface area (Å²) in [6.45, 7) is -1.51. The van der Waals surface area contributed by atoms with E-state index in [1.165, 1.54) is 0 Å². The Bertz CT molecular complexity index is 409. The van der Waals surface area contributed by atoms with Crippen LogP contribution in [0.4, 0.5) is 0 Å². The van der Waals surface area contributed by atoms with Crippen molar-refractivity contribution in [2.45, 2.75) is 60.7 Å². The summed E-state index contributed by atoms with van der Waals surface area (Å²) in [6.07, 6.45) is -13.1. The smallest absolute Gasteiger partial charge is 0.213 e. The Morgan fingerprint density at radius 3 is 1.83 bits per heavy atom. The molecule has 2 unspecified atom stereocenters. The molecule has 0 amide bonds. The summed E-state index contributed by atoms with van der Waals surface area (Å²) in [5, 5.41) is 78.2. The van der Waals surface area contributed by atoms with E-state index in [0.717, 1.165) is 0 Å². The molecule has 0 aromatic rings. The molecule has 2 saturated heterocycles. The first-order valence-electron chi connectivity index (χ1n) is 7.12. The van der Waals surface area contributed by atoms with Crippen molar-refractivity contribution >= 4 is 0 Å². The third-order valence-corrected chi connectivity index (χ3v) is 4.40. The van der Waals surface area contributed by atoms with Crippen molar-refractivity contribution in [1.82, 2.24) is 0 Å². The molecule has 2 aliphatic rings. The summed E-state index contributed by atoms with van der Waals surface area (Å²) >= 11 is 0. The molecule has 2 aliphatic heterocycles. The second-order valence-corrected chi connectivity index (χ2v) is 5.85. The Morgan fingerprint density at radius 1 is 0.783 bits per heavy atom. The Hall–Kier alpha value is -0.440. The average Bonchev–Trinajstić information content (AvgIpc) is 2.54. The summed E-state index contributed by atoms with van der Waals surface area (Å²) in [5.41, 5.74) is 5.66. The lowest BCUT2D eigenvalue weighted by Gasteiger charge is -2.53. The molecule has 11 heteroatoms. The second kappa shape index (κ2) is 6.82. The normalized spacial score (nSPS) is 54.9. The molecule has 0 bridgehead atoms. The number of aliphatic hydroxyl groups excluding tert-OH is 7. The number of hydrogen-bond donors (Lipinski definition) is 9. The van der Waals surface area contributed by atoms with Crippen LogP contribution in [0.25, 0.3) is 0 Å². The van der Waals surface area contributed by atoms with Gasteiger partial charge in [-0.2, -0.15) is 0 Å². The number of hydrogen-bond acceptors (Lipinski definition) is 11. The molecule has 2 rings (SSSR count). The fourth-order valence-electron chi connectivity index (χ4n) is 2.91. The number of nitrogens with two attached hydrogens (primary N) is 1. The third kappa shape index (κ3) is 2.99. The summed E-state index contributed by atoms with van der Waals surface area (Å²) in [4.78, 5) is 0. The van der Waals surface area contributed by atoms with E-state index in [4.69, 9.17) is 20.3 Å². The fraction of sp³-hybridized carbons (Fsp3) is 1.00. The molecule has 0 saturated carbocycles. The van der Waals surface area contributed by atoms with Crippen molar-refractivity contribution in [3.8, 4) is 0 Å². The van der Waals surface area contributed by atoms with Gasteiger partial charge in [0.05, 0.1) is 19.3 Å². The number of aliphatic hydroxyl groups is 8. The maximum atomic E-state index is 10.7. The molecular formula is C12H23NO10. The first kappa shape index (κ1) is 18.9. The summed E-state index contributed by atoms with van der Waals surface area (Å²) in [7, 11) is 0. The Labute approximate surface area is 131 Å². The highest BCUT2D eigenvalue weighted by atomic mass is 16.7. The summed E-state index contributed by atoms with van der Waals surface area (Å²) in [6, 6.07) is -1.67. The largest absolute Gasteiger partial charge is 0.394 e. The van der Waals surface area contributed by atoms with Crippen LogP contribution in [-0.2, 0) is 9.47 Å². The maximum Gasteiger partial charge on any atom is 0.213 e. The van der Waals surface area contributed by atoms with Crippen LogP contribution < -0.4 is 5.73 Å². The molecule has 11 nitrogen and oxygen atoms in total. The minimum Gasteiger partial charge on any atom is -0.394 e. The number of rotatable bonds is 3. The monoisotopic (exact) mass is 341 g/mol. The molecule has 0 aromatic carbocycles. The van der Waals surface area contributed by atoms with E-state index in [9.17, 15) is 35.7 Å². The van der Waals surface area contributed by atoms with Crippen molar-refractivity contribution in [1.29, 1.82) is 0 Å². The van der Waals surface area contributed by atoms with Gasteiger partial charge in [0, 0.05) is 0 Å². The number of ether oxygens (including phenoxy) is 2. The Morgan fingerprint density at radius 2 is 1.30 bits per heavy atom. The van der Waals surface area contributed by atoms with E-state index < -0.39 is 73.9 Å². The molecule has 0 aromatic heterocycles. The molecule has 10 N–H and O–H groups in total. The van der Waals surface area contributed by atoms with E-state index in [1.807, 2.05) is 0 Å². The van der Waals surface area contributed by atoms with Gasteiger partial charge in [-0.25, -0.2) is 0 Å². The minimum absolute atomic E-state index is 0.735. The zero-order valence-corrected chi connectivity index (χ0v) is 12.1. The molecule has 0 spiro atoms. The van der Waals surface area contributed by atoms with Crippen molar-refractivity contribution in [2.75, 3.05) is 13.2 Å². The van der Waals surface area contributed by atoms with Crippen LogP contribution in [0.3, 0.4) is 0 Å². The molecule has 0 radical (unpaired) electrons. The van der Waals surface area contributed by atoms with E-state index in [0.29, 0.717) is 0 Å². The highest BCUT2D eigenvalue weighted by Crippen LogP contribution is 2.36. The van der Waals surface area contributed by atoms with E-state index in [1.54, 1.807) is 0 Å². The lowest BCUT2D eigenvalue weighted by molar-refractivity contribution is -0.382. The van der Waals surface area contributed by atoms with Gasteiger partial charge >= 0.3 is 0 Å². The Kier molecular flexibility index (Phi) is 5.60.